The molecule has 0 radical (unpaired) electrons. The molecule has 0 spiro atoms. The van der Waals surface area contributed by atoms with Crippen molar-refractivity contribution in [3.05, 3.63) is 23.8 Å². The number of para-hydroxylation sites is 1. The third-order valence-electron chi connectivity index (χ3n) is 4.52. The van der Waals surface area contributed by atoms with E-state index in [4.69, 9.17) is 0 Å². The van der Waals surface area contributed by atoms with E-state index in [-0.39, 0.29) is 17.5 Å². The highest BCUT2D eigenvalue weighted by Gasteiger charge is 2.24. The second-order valence-corrected chi connectivity index (χ2v) is 6.35. The van der Waals surface area contributed by atoms with Gasteiger partial charge in [-0.2, -0.15) is 8.78 Å². The number of likely N-dealkylation sites (tertiary alicyclic amines) is 1. The summed E-state index contributed by atoms with van der Waals surface area (Å²) in [4.78, 5) is 14.5. The zero-order valence-electron chi connectivity index (χ0n) is 14.3. The van der Waals surface area contributed by atoms with E-state index in [9.17, 15) is 13.6 Å². The van der Waals surface area contributed by atoms with E-state index >= 15 is 0 Å². The first-order valence-electron chi connectivity index (χ1n) is 8.17. The van der Waals surface area contributed by atoms with Gasteiger partial charge in [-0.15, -0.1) is 0 Å². The smallest absolute Gasteiger partial charge is 0.387 e. The summed E-state index contributed by atoms with van der Waals surface area (Å²) in [6.07, 6.45) is 2.06. The summed E-state index contributed by atoms with van der Waals surface area (Å²) >= 11 is 0. The van der Waals surface area contributed by atoms with Gasteiger partial charge in [0.25, 0.3) is 0 Å². The number of benzene rings is 1. The minimum Gasteiger partial charge on any atom is -0.433 e. The lowest BCUT2D eigenvalue weighted by Gasteiger charge is -2.33. The highest BCUT2D eigenvalue weighted by molar-refractivity contribution is 5.92. The molecule has 24 heavy (non-hydrogen) atoms. The van der Waals surface area contributed by atoms with Gasteiger partial charge in [0, 0.05) is 6.04 Å². The lowest BCUT2D eigenvalue weighted by Crippen LogP contribution is -2.44. The monoisotopic (exact) mass is 341 g/mol. The minimum absolute atomic E-state index is 0.0159. The van der Waals surface area contributed by atoms with Gasteiger partial charge in [-0.05, 0) is 64.4 Å². The van der Waals surface area contributed by atoms with Gasteiger partial charge in [-0.1, -0.05) is 12.1 Å². The summed E-state index contributed by atoms with van der Waals surface area (Å²) in [5.41, 5.74) is 0.932. The molecular weight excluding hydrogens is 316 g/mol. The third kappa shape index (κ3) is 5.06. The molecule has 0 aromatic heterocycles. The number of piperidine rings is 1. The molecule has 1 fully saturated rings. The highest BCUT2D eigenvalue weighted by Crippen LogP contribution is 2.29. The normalized spacial score (nSPS) is 17.6. The molecule has 0 unspecified atom stereocenters. The summed E-state index contributed by atoms with van der Waals surface area (Å²) in [5, 5.41) is 5.55. The molecule has 1 saturated heterocycles. The first-order chi connectivity index (χ1) is 11.4. The van der Waals surface area contributed by atoms with Crippen LogP contribution in [0.4, 0.5) is 19.3 Å². The molecule has 134 valence electrons. The number of hydrogen-bond donors (Lipinski definition) is 2. The summed E-state index contributed by atoms with van der Waals surface area (Å²) in [7, 11) is 2.09. The second-order valence-electron chi connectivity index (χ2n) is 6.35. The van der Waals surface area contributed by atoms with Crippen molar-refractivity contribution in [3.8, 4) is 5.75 Å². The van der Waals surface area contributed by atoms with E-state index in [1.807, 2.05) is 6.92 Å². The van der Waals surface area contributed by atoms with Crippen LogP contribution in [0.15, 0.2) is 18.2 Å². The average Bonchev–Trinajstić information content (AvgIpc) is 2.50. The largest absolute Gasteiger partial charge is 0.433 e. The van der Waals surface area contributed by atoms with Crippen molar-refractivity contribution >= 4 is 11.7 Å². The van der Waals surface area contributed by atoms with Crippen molar-refractivity contribution in [1.29, 1.82) is 0 Å². The summed E-state index contributed by atoms with van der Waals surface area (Å²) < 4.78 is 29.5. The van der Waals surface area contributed by atoms with Gasteiger partial charge in [-0.3, -0.25) is 0 Å². The standard InChI is InChI=1S/C17H25F2N3O2/c1-11-5-4-6-14(24-16(18)19)15(11)21-17(23)20-12(2)13-7-9-22(3)10-8-13/h4-6,12-13,16H,7-10H2,1-3H3,(H2,20,21,23)/t12-/m0/s1. The van der Waals surface area contributed by atoms with Gasteiger partial charge >= 0.3 is 12.6 Å². The number of halogens is 2. The van der Waals surface area contributed by atoms with Crippen molar-refractivity contribution in [2.24, 2.45) is 5.92 Å². The van der Waals surface area contributed by atoms with Gasteiger partial charge in [0.05, 0.1) is 5.69 Å². The Labute approximate surface area is 141 Å². The maximum Gasteiger partial charge on any atom is 0.387 e. The van der Waals surface area contributed by atoms with E-state index < -0.39 is 12.6 Å². The van der Waals surface area contributed by atoms with Gasteiger partial charge in [0.2, 0.25) is 0 Å². The molecule has 1 aromatic carbocycles. The maximum atomic E-state index is 12.5. The van der Waals surface area contributed by atoms with E-state index in [1.165, 1.54) is 6.07 Å². The molecule has 0 aliphatic carbocycles. The first kappa shape index (κ1) is 18.4. The molecule has 1 atom stereocenters. The van der Waals surface area contributed by atoms with Crippen molar-refractivity contribution in [2.75, 3.05) is 25.5 Å². The van der Waals surface area contributed by atoms with Crippen LogP contribution in [-0.2, 0) is 0 Å². The first-order valence-corrected chi connectivity index (χ1v) is 8.17. The maximum absolute atomic E-state index is 12.5. The Morgan fingerprint density at radius 2 is 2.00 bits per heavy atom. The Hall–Kier alpha value is -1.89. The molecule has 7 heteroatoms. The number of nitrogens with zero attached hydrogens (tertiary/aromatic N) is 1. The van der Waals surface area contributed by atoms with Gasteiger partial charge in [0.1, 0.15) is 5.75 Å². The molecule has 2 rings (SSSR count). The summed E-state index contributed by atoms with van der Waals surface area (Å²) in [6.45, 7) is 2.80. The minimum atomic E-state index is -2.94. The van der Waals surface area contributed by atoms with Gasteiger partial charge in [-0.25, -0.2) is 4.79 Å². The number of carbonyl (C=O) groups is 1. The van der Waals surface area contributed by atoms with Crippen molar-refractivity contribution < 1.29 is 18.3 Å². The molecule has 0 saturated carbocycles. The molecular formula is C17H25F2N3O2. The second kappa shape index (κ2) is 8.28. The fourth-order valence-electron chi connectivity index (χ4n) is 3.00. The van der Waals surface area contributed by atoms with Crippen LogP contribution in [-0.4, -0.2) is 43.7 Å². The van der Waals surface area contributed by atoms with Crippen LogP contribution >= 0.6 is 0 Å². The number of carbonyl (C=O) groups excluding carboxylic acids is 1. The van der Waals surface area contributed by atoms with E-state index in [0.29, 0.717) is 11.5 Å². The zero-order chi connectivity index (χ0) is 17.7. The topological polar surface area (TPSA) is 53.6 Å². The van der Waals surface area contributed by atoms with Crippen molar-refractivity contribution in [2.45, 2.75) is 39.3 Å². The Bertz CT molecular complexity index is 561. The summed E-state index contributed by atoms with van der Waals surface area (Å²) in [6, 6.07) is 4.36. The van der Waals surface area contributed by atoms with Crippen LogP contribution in [0.5, 0.6) is 5.75 Å². The SMILES string of the molecule is Cc1cccc(OC(F)F)c1NC(=O)N[C@@H](C)C1CCN(C)CC1. The van der Waals surface area contributed by atoms with E-state index in [1.54, 1.807) is 19.1 Å². The molecule has 1 heterocycles. The molecule has 1 aliphatic heterocycles. The van der Waals surface area contributed by atoms with Gasteiger partial charge < -0.3 is 20.3 Å². The Balaban J connectivity index is 1.97. The van der Waals surface area contributed by atoms with Crippen LogP contribution in [0.25, 0.3) is 0 Å². The number of alkyl halides is 2. The quantitative estimate of drug-likeness (QED) is 0.862. The van der Waals surface area contributed by atoms with Crippen molar-refractivity contribution in [1.82, 2.24) is 10.2 Å². The van der Waals surface area contributed by atoms with Gasteiger partial charge in [0.15, 0.2) is 0 Å². The zero-order valence-corrected chi connectivity index (χ0v) is 14.3. The molecule has 1 aliphatic rings. The number of anilines is 1. The number of aryl methyl sites for hydroxylation is 1. The van der Waals surface area contributed by atoms with E-state index in [0.717, 1.165) is 25.9 Å². The predicted molar refractivity (Wildman–Crippen MR) is 89.6 cm³/mol. The van der Waals surface area contributed by atoms with E-state index in [2.05, 4.69) is 27.3 Å². The van der Waals surface area contributed by atoms with Crippen LogP contribution < -0.4 is 15.4 Å². The average molecular weight is 341 g/mol. The molecule has 1 aromatic rings. The fraction of sp³-hybridized carbons (Fsp3) is 0.588. The Morgan fingerprint density at radius 1 is 1.33 bits per heavy atom. The van der Waals surface area contributed by atoms with Crippen molar-refractivity contribution in [3.63, 3.8) is 0 Å². The molecule has 2 N–H and O–H groups in total. The number of nitrogens with one attached hydrogen (secondary N) is 2. The van der Waals surface area contributed by atoms with Crippen LogP contribution in [0.3, 0.4) is 0 Å². The number of rotatable bonds is 5. The van der Waals surface area contributed by atoms with Crippen LogP contribution in [0, 0.1) is 12.8 Å². The fourth-order valence-corrected chi connectivity index (χ4v) is 3.00. The number of amides is 2. The number of urea groups is 1. The molecule has 5 nitrogen and oxygen atoms in total. The summed E-state index contributed by atoms with van der Waals surface area (Å²) in [5.74, 6) is 0.382. The number of ether oxygens (including phenoxy) is 1. The predicted octanol–water partition coefficient (Wildman–Crippen LogP) is 3.45. The molecule has 0 bridgehead atoms. The third-order valence-corrected chi connectivity index (χ3v) is 4.52. The van der Waals surface area contributed by atoms with Crippen LogP contribution in [0.1, 0.15) is 25.3 Å². The highest BCUT2D eigenvalue weighted by atomic mass is 19.3. The Kier molecular flexibility index (Phi) is 6.36. The Morgan fingerprint density at radius 3 is 2.62 bits per heavy atom. The van der Waals surface area contributed by atoms with Crippen LogP contribution in [0.2, 0.25) is 0 Å². The molecule has 2 amide bonds. The number of hydrogen-bond acceptors (Lipinski definition) is 3. The lowest BCUT2D eigenvalue weighted by molar-refractivity contribution is -0.0493. The lowest BCUT2D eigenvalue weighted by atomic mass is 9.90.